The summed E-state index contributed by atoms with van der Waals surface area (Å²) in [5.74, 6) is 1.30. The number of hydrogen-bond acceptors (Lipinski definition) is 4. The molecule has 3 rings (SSSR count). The first kappa shape index (κ1) is 16.8. The zero-order valence-electron chi connectivity index (χ0n) is 14.5. The molecule has 1 atom stereocenters. The Balaban J connectivity index is 1.66. The van der Waals surface area contributed by atoms with E-state index in [-0.39, 0.29) is 11.9 Å². The van der Waals surface area contributed by atoms with E-state index in [0.29, 0.717) is 5.76 Å². The molecule has 1 saturated heterocycles. The van der Waals surface area contributed by atoms with Gasteiger partial charge in [0, 0.05) is 18.9 Å². The van der Waals surface area contributed by atoms with Gasteiger partial charge in [-0.2, -0.15) is 5.10 Å². The Morgan fingerprint density at radius 3 is 2.92 bits per heavy atom. The van der Waals surface area contributed by atoms with Crippen LogP contribution in [0.5, 0.6) is 0 Å². The third-order valence-electron chi connectivity index (χ3n) is 4.74. The van der Waals surface area contributed by atoms with Gasteiger partial charge in [0.05, 0.1) is 19.1 Å². The molecule has 0 aromatic carbocycles. The van der Waals surface area contributed by atoms with E-state index in [2.05, 4.69) is 23.8 Å². The first-order chi connectivity index (χ1) is 11.7. The van der Waals surface area contributed by atoms with E-state index in [9.17, 15) is 4.79 Å². The predicted molar refractivity (Wildman–Crippen MR) is 91.6 cm³/mol. The molecule has 1 amide bonds. The standard InChI is InChI=1S/C18H26N4O2/c1-3-20(4-2)14-16-8-9-17(24-16)18(23)22-12-5-7-15(22)13-21-11-6-10-19-21/h6,8-11,15H,3-5,7,12-14H2,1-2H3/t15-/m1/s1. The van der Waals surface area contributed by atoms with E-state index >= 15 is 0 Å². The molecule has 1 aliphatic heterocycles. The molecule has 6 nitrogen and oxygen atoms in total. The van der Waals surface area contributed by atoms with Crippen LogP contribution in [0.25, 0.3) is 0 Å². The highest BCUT2D eigenvalue weighted by atomic mass is 16.4. The molecule has 130 valence electrons. The second-order valence-electron chi connectivity index (χ2n) is 6.25. The maximum atomic E-state index is 12.8. The Hall–Kier alpha value is -2.08. The van der Waals surface area contributed by atoms with Gasteiger partial charge < -0.3 is 9.32 Å². The smallest absolute Gasteiger partial charge is 0.289 e. The molecule has 0 radical (unpaired) electrons. The largest absolute Gasteiger partial charge is 0.455 e. The van der Waals surface area contributed by atoms with Crippen molar-refractivity contribution in [2.75, 3.05) is 19.6 Å². The fourth-order valence-electron chi connectivity index (χ4n) is 3.30. The normalized spacial score (nSPS) is 17.8. The van der Waals surface area contributed by atoms with Gasteiger partial charge in [-0.1, -0.05) is 13.8 Å². The molecule has 0 aliphatic carbocycles. The zero-order valence-corrected chi connectivity index (χ0v) is 14.5. The highest BCUT2D eigenvalue weighted by molar-refractivity contribution is 5.92. The minimum atomic E-state index is -0.00421. The van der Waals surface area contributed by atoms with Crippen LogP contribution < -0.4 is 0 Å². The van der Waals surface area contributed by atoms with E-state index in [4.69, 9.17) is 4.42 Å². The van der Waals surface area contributed by atoms with Gasteiger partial charge in [-0.25, -0.2) is 0 Å². The lowest BCUT2D eigenvalue weighted by molar-refractivity contribution is 0.0685. The quantitative estimate of drug-likeness (QED) is 0.783. The number of amides is 1. The number of aromatic nitrogens is 2. The highest BCUT2D eigenvalue weighted by Gasteiger charge is 2.31. The molecule has 1 aliphatic rings. The van der Waals surface area contributed by atoms with Gasteiger partial charge in [0.25, 0.3) is 5.91 Å². The van der Waals surface area contributed by atoms with Crippen molar-refractivity contribution in [1.29, 1.82) is 0 Å². The van der Waals surface area contributed by atoms with Crippen molar-refractivity contribution < 1.29 is 9.21 Å². The molecule has 0 saturated carbocycles. The first-order valence-corrected chi connectivity index (χ1v) is 8.80. The summed E-state index contributed by atoms with van der Waals surface area (Å²) in [5, 5.41) is 4.25. The van der Waals surface area contributed by atoms with Gasteiger partial charge in [0.2, 0.25) is 0 Å². The van der Waals surface area contributed by atoms with E-state index in [0.717, 1.165) is 51.3 Å². The molecule has 24 heavy (non-hydrogen) atoms. The van der Waals surface area contributed by atoms with Crippen LogP contribution in [0.1, 0.15) is 43.0 Å². The highest BCUT2D eigenvalue weighted by Crippen LogP contribution is 2.22. The van der Waals surface area contributed by atoms with Crippen molar-refractivity contribution in [3.05, 3.63) is 42.1 Å². The molecule has 3 heterocycles. The van der Waals surface area contributed by atoms with Crippen LogP contribution >= 0.6 is 0 Å². The molecule has 0 bridgehead atoms. The summed E-state index contributed by atoms with van der Waals surface area (Å²) >= 11 is 0. The second-order valence-corrected chi connectivity index (χ2v) is 6.25. The Morgan fingerprint density at radius 2 is 2.21 bits per heavy atom. The van der Waals surface area contributed by atoms with Crippen LogP contribution in [0.3, 0.4) is 0 Å². The van der Waals surface area contributed by atoms with Gasteiger partial charge in [-0.05, 0) is 44.1 Å². The number of carbonyl (C=O) groups is 1. The number of rotatable bonds is 7. The lowest BCUT2D eigenvalue weighted by Gasteiger charge is -2.23. The SMILES string of the molecule is CCN(CC)Cc1ccc(C(=O)N2CCC[C@@H]2Cn2cccn2)o1. The molecule has 0 spiro atoms. The number of carbonyl (C=O) groups excluding carboxylic acids is 1. The van der Waals surface area contributed by atoms with Gasteiger partial charge >= 0.3 is 0 Å². The van der Waals surface area contributed by atoms with E-state index in [1.807, 2.05) is 34.0 Å². The van der Waals surface area contributed by atoms with Crippen LogP contribution in [0.4, 0.5) is 0 Å². The summed E-state index contributed by atoms with van der Waals surface area (Å²) in [6, 6.07) is 5.83. The monoisotopic (exact) mass is 330 g/mol. The summed E-state index contributed by atoms with van der Waals surface area (Å²) in [7, 11) is 0. The summed E-state index contributed by atoms with van der Waals surface area (Å²) in [6.07, 6.45) is 5.76. The number of furan rings is 1. The van der Waals surface area contributed by atoms with Crippen molar-refractivity contribution in [3.8, 4) is 0 Å². The van der Waals surface area contributed by atoms with Gasteiger partial charge in [0.15, 0.2) is 5.76 Å². The summed E-state index contributed by atoms with van der Waals surface area (Å²) in [6.45, 7) is 8.47. The molecule has 1 fully saturated rings. The number of likely N-dealkylation sites (tertiary alicyclic amines) is 1. The maximum absolute atomic E-state index is 12.8. The van der Waals surface area contributed by atoms with Crippen molar-refractivity contribution in [2.45, 2.75) is 45.8 Å². The topological polar surface area (TPSA) is 54.5 Å². The van der Waals surface area contributed by atoms with Gasteiger partial charge in [-0.3, -0.25) is 14.4 Å². The summed E-state index contributed by atoms with van der Waals surface area (Å²) < 4.78 is 7.71. The lowest BCUT2D eigenvalue weighted by atomic mass is 10.2. The van der Waals surface area contributed by atoms with E-state index < -0.39 is 0 Å². The third kappa shape index (κ3) is 3.70. The predicted octanol–water partition coefficient (Wildman–Crippen LogP) is 2.62. The van der Waals surface area contributed by atoms with Crippen molar-refractivity contribution in [1.82, 2.24) is 19.6 Å². The number of nitrogens with zero attached hydrogens (tertiary/aromatic N) is 4. The lowest BCUT2D eigenvalue weighted by Crippen LogP contribution is -2.38. The average Bonchev–Trinajstić information content (AvgIpc) is 3.34. The first-order valence-electron chi connectivity index (χ1n) is 8.80. The van der Waals surface area contributed by atoms with Gasteiger partial charge in [-0.15, -0.1) is 0 Å². The molecule has 0 N–H and O–H groups in total. The van der Waals surface area contributed by atoms with Crippen LogP contribution in [-0.4, -0.2) is 51.2 Å². The minimum absolute atomic E-state index is 0.00421. The second kappa shape index (κ2) is 7.66. The summed E-state index contributed by atoms with van der Waals surface area (Å²) in [4.78, 5) is 17.0. The Kier molecular flexibility index (Phi) is 5.35. The van der Waals surface area contributed by atoms with Crippen molar-refractivity contribution >= 4 is 5.91 Å². The van der Waals surface area contributed by atoms with Crippen LogP contribution in [0.15, 0.2) is 35.0 Å². The molecule has 2 aromatic rings. The average molecular weight is 330 g/mol. The van der Waals surface area contributed by atoms with Crippen LogP contribution in [0.2, 0.25) is 0 Å². The van der Waals surface area contributed by atoms with Gasteiger partial charge in [0.1, 0.15) is 5.76 Å². The van der Waals surface area contributed by atoms with Crippen molar-refractivity contribution in [3.63, 3.8) is 0 Å². The minimum Gasteiger partial charge on any atom is -0.455 e. The van der Waals surface area contributed by atoms with Crippen LogP contribution in [0, 0.1) is 0 Å². The molecule has 2 aromatic heterocycles. The fourth-order valence-corrected chi connectivity index (χ4v) is 3.30. The molecule has 6 heteroatoms. The fraction of sp³-hybridized carbons (Fsp3) is 0.556. The Bertz CT molecular complexity index is 646. The van der Waals surface area contributed by atoms with E-state index in [1.54, 1.807) is 6.20 Å². The molecular formula is C18H26N4O2. The van der Waals surface area contributed by atoms with E-state index in [1.165, 1.54) is 0 Å². The zero-order chi connectivity index (χ0) is 16.9. The van der Waals surface area contributed by atoms with Crippen molar-refractivity contribution in [2.24, 2.45) is 0 Å². The molecular weight excluding hydrogens is 304 g/mol. The number of hydrogen-bond donors (Lipinski definition) is 0. The third-order valence-corrected chi connectivity index (χ3v) is 4.74. The Labute approximate surface area is 143 Å². The molecule has 0 unspecified atom stereocenters. The van der Waals surface area contributed by atoms with Crippen LogP contribution in [-0.2, 0) is 13.1 Å². The maximum Gasteiger partial charge on any atom is 0.289 e. The summed E-state index contributed by atoms with van der Waals surface area (Å²) in [5.41, 5.74) is 0. The Morgan fingerprint density at radius 1 is 1.38 bits per heavy atom.